The molecule has 4 rings (SSSR count). The average molecular weight is 376 g/mol. The van der Waals surface area contributed by atoms with Gasteiger partial charge in [0.25, 0.3) is 5.91 Å². The van der Waals surface area contributed by atoms with Gasteiger partial charge in [0.2, 0.25) is 0 Å². The number of hydrogen-bond acceptors (Lipinski definition) is 4. The third-order valence-electron chi connectivity index (χ3n) is 5.53. The predicted molar refractivity (Wildman–Crippen MR) is 104 cm³/mol. The Morgan fingerprint density at radius 2 is 2.14 bits per heavy atom. The van der Waals surface area contributed by atoms with Gasteiger partial charge in [-0.25, -0.2) is 0 Å². The molecular weight excluding hydrogens is 356 g/mol. The van der Waals surface area contributed by atoms with Gasteiger partial charge >= 0.3 is 5.97 Å². The number of nitrogens with one attached hydrogen (secondary N) is 1. The maximum atomic E-state index is 12.6. The summed E-state index contributed by atoms with van der Waals surface area (Å²) < 4.78 is 5.95. The zero-order valence-electron chi connectivity index (χ0n) is 15.6. The number of carboxylic acid groups (broad SMARTS) is 1. The van der Waals surface area contributed by atoms with Crippen LogP contribution in [0.4, 0.5) is 5.69 Å². The van der Waals surface area contributed by atoms with Gasteiger partial charge in [-0.3, -0.25) is 9.59 Å². The first-order valence-corrected chi connectivity index (χ1v) is 9.42. The Labute approximate surface area is 162 Å². The van der Waals surface area contributed by atoms with Crippen LogP contribution >= 0.6 is 0 Å². The standard InChI is InChI=1S/C22H20N2O4/c1-12-13(7-9-20(25)26)6-8-17-21(12)15(22(27)24-17)10-19-16(11-23)14-4-2-3-5-18(14)28-19/h6,8,10H,2-5,7,9H2,1H3,(H,24,27)(H,25,26). The number of amides is 1. The molecule has 6 heteroatoms. The second-order valence-corrected chi connectivity index (χ2v) is 7.24. The van der Waals surface area contributed by atoms with Crippen LogP contribution in [0.25, 0.3) is 11.6 Å². The Morgan fingerprint density at radius 1 is 1.36 bits per heavy atom. The lowest BCUT2D eigenvalue weighted by Gasteiger charge is -2.10. The van der Waals surface area contributed by atoms with Crippen molar-refractivity contribution in [2.75, 3.05) is 5.32 Å². The van der Waals surface area contributed by atoms with Crippen LogP contribution in [-0.4, -0.2) is 17.0 Å². The Balaban J connectivity index is 1.80. The van der Waals surface area contributed by atoms with E-state index in [4.69, 9.17) is 9.52 Å². The number of carboxylic acids is 1. The number of aryl methyl sites for hydroxylation is 2. The molecule has 2 aromatic rings. The first kappa shape index (κ1) is 18.1. The van der Waals surface area contributed by atoms with Crippen LogP contribution in [0.15, 0.2) is 16.5 Å². The normalized spacial score (nSPS) is 16.4. The van der Waals surface area contributed by atoms with Crippen LogP contribution in [0.2, 0.25) is 0 Å². The molecule has 0 spiro atoms. The third kappa shape index (κ3) is 2.99. The summed E-state index contributed by atoms with van der Waals surface area (Å²) in [6, 6.07) is 5.90. The van der Waals surface area contributed by atoms with Gasteiger partial charge in [0.15, 0.2) is 0 Å². The summed E-state index contributed by atoms with van der Waals surface area (Å²) in [6.45, 7) is 1.89. The number of anilines is 1. The molecule has 142 valence electrons. The maximum Gasteiger partial charge on any atom is 0.303 e. The van der Waals surface area contributed by atoms with Crippen molar-refractivity contribution in [2.24, 2.45) is 0 Å². The van der Waals surface area contributed by atoms with Crippen LogP contribution in [-0.2, 0) is 28.9 Å². The number of aliphatic carboxylic acids is 1. The summed E-state index contributed by atoms with van der Waals surface area (Å²) in [6.07, 6.45) is 5.80. The second-order valence-electron chi connectivity index (χ2n) is 7.24. The summed E-state index contributed by atoms with van der Waals surface area (Å²) >= 11 is 0. The molecule has 1 aromatic heterocycles. The minimum atomic E-state index is -0.857. The van der Waals surface area contributed by atoms with E-state index >= 15 is 0 Å². The topological polar surface area (TPSA) is 103 Å². The SMILES string of the molecule is Cc1c(CCC(=O)O)ccc2c1C(=Cc1oc3c(c1C#N)CCCC3)C(=O)N2. The fraction of sp³-hybridized carbons (Fsp3) is 0.318. The van der Waals surface area contributed by atoms with Gasteiger partial charge in [-0.1, -0.05) is 6.07 Å². The molecule has 28 heavy (non-hydrogen) atoms. The van der Waals surface area contributed by atoms with Crippen molar-refractivity contribution >= 4 is 29.2 Å². The molecule has 0 saturated heterocycles. The van der Waals surface area contributed by atoms with Crippen LogP contribution < -0.4 is 5.32 Å². The number of benzene rings is 1. The molecule has 0 unspecified atom stereocenters. The largest absolute Gasteiger partial charge is 0.481 e. The fourth-order valence-electron chi connectivity index (χ4n) is 4.10. The molecule has 1 aromatic carbocycles. The first-order chi connectivity index (χ1) is 13.5. The van der Waals surface area contributed by atoms with Gasteiger partial charge in [0.05, 0.1) is 5.57 Å². The summed E-state index contributed by atoms with van der Waals surface area (Å²) in [5.74, 6) is 0.180. The summed E-state index contributed by atoms with van der Waals surface area (Å²) in [7, 11) is 0. The van der Waals surface area contributed by atoms with Gasteiger partial charge < -0.3 is 14.8 Å². The van der Waals surface area contributed by atoms with Crippen molar-refractivity contribution in [1.82, 2.24) is 0 Å². The van der Waals surface area contributed by atoms with Crippen LogP contribution in [0.1, 0.15) is 58.6 Å². The first-order valence-electron chi connectivity index (χ1n) is 9.42. The minimum Gasteiger partial charge on any atom is -0.481 e. The molecule has 2 heterocycles. The Kier molecular flexibility index (Phi) is 4.52. The van der Waals surface area contributed by atoms with E-state index in [9.17, 15) is 14.9 Å². The zero-order chi connectivity index (χ0) is 19.8. The monoisotopic (exact) mass is 376 g/mol. The molecule has 1 aliphatic carbocycles. The lowest BCUT2D eigenvalue weighted by atomic mass is 9.93. The lowest BCUT2D eigenvalue weighted by Crippen LogP contribution is -2.03. The molecule has 0 saturated carbocycles. The van der Waals surface area contributed by atoms with E-state index in [0.717, 1.165) is 53.7 Å². The van der Waals surface area contributed by atoms with Crippen molar-refractivity contribution in [3.63, 3.8) is 0 Å². The molecule has 2 aliphatic rings. The molecule has 0 atom stereocenters. The average Bonchev–Trinajstić information content (AvgIpc) is 3.18. The van der Waals surface area contributed by atoms with E-state index in [1.807, 2.05) is 13.0 Å². The van der Waals surface area contributed by atoms with Gasteiger partial charge in [-0.05, 0) is 55.9 Å². The van der Waals surface area contributed by atoms with E-state index in [1.165, 1.54) is 0 Å². The Hall–Kier alpha value is -3.33. The molecule has 0 radical (unpaired) electrons. The predicted octanol–water partition coefficient (Wildman–Crippen LogP) is 3.85. The summed E-state index contributed by atoms with van der Waals surface area (Å²) in [5, 5.41) is 21.4. The van der Waals surface area contributed by atoms with E-state index in [-0.39, 0.29) is 12.3 Å². The minimum absolute atomic E-state index is 0.0313. The van der Waals surface area contributed by atoms with E-state index in [1.54, 1.807) is 12.1 Å². The van der Waals surface area contributed by atoms with E-state index in [0.29, 0.717) is 29.0 Å². The van der Waals surface area contributed by atoms with Crippen LogP contribution in [0.3, 0.4) is 0 Å². The number of rotatable bonds is 4. The maximum absolute atomic E-state index is 12.6. The smallest absolute Gasteiger partial charge is 0.303 e. The Bertz CT molecular complexity index is 1070. The number of nitrogens with zero attached hydrogens (tertiary/aromatic N) is 1. The molecule has 1 amide bonds. The number of fused-ring (bicyclic) bond motifs is 2. The summed E-state index contributed by atoms with van der Waals surface area (Å²) in [4.78, 5) is 23.5. The van der Waals surface area contributed by atoms with Gasteiger partial charge in [-0.15, -0.1) is 0 Å². The zero-order valence-corrected chi connectivity index (χ0v) is 15.6. The quantitative estimate of drug-likeness (QED) is 0.789. The number of carbonyl (C=O) groups excluding carboxylic acids is 1. The molecule has 2 N–H and O–H groups in total. The number of nitriles is 1. The number of hydrogen-bond donors (Lipinski definition) is 2. The highest BCUT2D eigenvalue weighted by molar-refractivity contribution is 6.35. The molecular formula is C22H20N2O4. The third-order valence-corrected chi connectivity index (χ3v) is 5.53. The van der Waals surface area contributed by atoms with Crippen LogP contribution in [0.5, 0.6) is 0 Å². The highest BCUT2D eigenvalue weighted by atomic mass is 16.4. The number of furan rings is 1. The van der Waals surface area contributed by atoms with Crippen molar-refractivity contribution in [1.29, 1.82) is 5.26 Å². The Morgan fingerprint density at radius 3 is 2.89 bits per heavy atom. The molecule has 0 fully saturated rings. The highest BCUT2D eigenvalue weighted by Crippen LogP contribution is 2.39. The van der Waals surface area contributed by atoms with Crippen molar-refractivity contribution in [3.8, 4) is 6.07 Å². The molecule has 1 aliphatic heterocycles. The van der Waals surface area contributed by atoms with Gasteiger partial charge in [0.1, 0.15) is 23.2 Å². The fourth-order valence-corrected chi connectivity index (χ4v) is 4.10. The van der Waals surface area contributed by atoms with Gasteiger partial charge in [-0.2, -0.15) is 5.26 Å². The van der Waals surface area contributed by atoms with E-state index < -0.39 is 5.97 Å². The lowest BCUT2D eigenvalue weighted by molar-refractivity contribution is -0.137. The van der Waals surface area contributed by atoms with E-state index in [2.05, 4.69) is 11.4 Å². The molecule has 6 nitrogen and oxygen atoms in total. The highest BCUT2D eigenvalue weighted by Gasteiger charge is 2.29. The second kappa shape index (κ2) is 7.01. The van der Waals surface area contributed by atoms with Crippen LogP contribution in [0, 0.1) is 18.3 Å². The van der Waals surface area contributed by atoms with Crippen molar-refractivity contribution < 1.29 is 19.1 Å². The van der Waals surface area contributed by atoms with Crippen molar-refractivity contribution in [3.05, 3.63) is 51.5 Å². The summed E-state index contributed by atoms with van der Waals surface area (Å²) in [5.41, 5.74) is 5.15. The van der Waals surface area contributed by atoms with Gasteiger partial charge in [0, 0.05) is 29.7 Å². The molecule has 0 bridgehead atoms. The van der Waals surface area contributed by atoms with Crippen molar-refractivity contribution in [2.45, 2.75) is 45.4 Å². The number of carbonyl (C=O) groups is 2.